The number of methoxy groups -OCH3 is 1. The van der Waals surface area contributed by atoms with Crippen molar-refractivity contribution >= 4 is 17.1 Å². The number of carbonyl (C=O) groups is 2. The molecule has 4 aromatic rings. The SMILES string of the molecule is COc1ccc(C2C(=O)CC(c3c(-c4ccccc4)cc4ccccn34)C2=O)cc1. The van der Waals surface area contributed by atoms with Gasteiger partial charge in [0.2, 0.25) is 0 Å². The van der Waals surface area contributed by atoms with Crippen molar-refractivity contribution in [2.45, 2.75) is 18.3 Å². The monoisotopic (exact) mass is 395 g/mol. The molecule has 0 bridgehead atoms. The van der Waals surface area contributed by atoms with E-state index in [1.165, 1.54) is 0 Å². The third kappa shape index (κ3) is 2.92. The van der Waals surface area contributed by atoms with E-state index in [-0.39, 0.29) is 18.0 Å². The maximum absolute atomic E-state index is 13.5. The van der Waals surface area contributed by atoms with Crippen LogP contribution in [0, 0.1) is 0 Å². The van der Waals surface area contributed by atoms with E-state index in [1.54, 1.807) is 19.2 Å². The van der Waals surface area contributed by atoms with Gasteiger partial charge in [-0.2, -0.15) is 0 Å². The lowest BCUT2D eigenvalue weighted by atomic mass is 9.91. The Kier molecular flexibility index (Phi) is 4.47. The second-order valence-corrected chi connectivity index (χ2v) is 7.64. The first-order chi connectivity index (χ1) is 14.7. The predicted octanol–water partition coefficient (Wildman–Crippen LogP) is 5.02. The van der Waals surface area contributed by atoms with Gasteiger partial charge in [-0.15, -0.1) is 0 Å². The number of fused-ring (bicyclic) bond motifs is 1. The molecule has 1 aliphatic carbocycles. The molecular weight excluding hydrogens is 374 g/mol. The Bertz CT molecular complexity index is 1240. The molecule has 5 rings (SSSR count). The highest BCUT2D eigenvalue weighted by Crippen LogP contribution is 2.43. The first-order valence-electron chi connectivity index (χ1n) is 10.0. The van der Waals surface area contributed by atoms with Crippen LogP contribution >= 0.6 is 0 Å². The fraction of sp³-hybridized carbons (Fsp3) is 0.154. The van der Waals surface area contributed by atoms with Crippen molar-refractivity contribution in [2.24, 2.45) is 0 Å². The van der Waals surface area contributed by atoms with E-state index in [4.69, 9.17) is 4.74 Å². The Labute approximate surface area is 174 Å². The molecule has 148 valence electrons. The molecule has 4 heteroatoms. The van der Waals surface area contributed by atoms with Gasteiger partial charge in [0.1, 0.15) is 17.5 Å². The van der Waals surface area contributed by atoms with Gasteiger partial charge in [-0.25, -0.2) is 0 Å². The van der Waals surface area contributed by atoms with Crippen molar-refractivity contribution in [3.8, 4) is 16.9 Å². The van der Waals surface area contributed by atoms with Crippen molar-refractivity contribution in [1.29, 1.82) is 0 Å². The van der Waals surface area contributed by atoms with Crippen LogP contribution in [0.25, 0.3) is 16.6 Å². The minimum absolute atomic E-state index is 0.0277. The molecule has 2 aromatic heterocycles. The number of benzene rings is 2. The first-order valence-corrected chi connectivity index (χ1v) is 10.0. The van der Waals surface area contributed by atoms with E-state index in [1.807, 2.05) is 66.9 Å². The summed E-state index contributed by atoms with van der Waals surface area (Å²) in [7, 11) is 1.60. The second-order valence-electron chi connectivity index (χ2n) is 7.64. The average molecular weight is 395 g/mol. The van der Waals surface area contributed by atoms with E-state index in [9.17, 15) is 9.59 Å². The van der Waals surface area contributed by atoms with Crippen LogP contribution in [0.5, 0.6) is 5.75 Å². The maximum Gasteiger partial charge on any atom is 0.157 e. The zero-order chi connectivity index (χ0) is 20.7. The number of ketones is 2. The molecule has 2 aromatic carbocycles. The van der Waals surface area contributed by atoms with E-state index in [0.717, 1.165) is 27.9 Å². The molecule has 0 saturated heterocycles. The van der Waals surface area contributed by atoms with Crippen molar-refractivity contribution in [2.75, 3.05) is 7.11 Å². The molecule has 4 nitrogen and oxygen atoms in total. The van der Waals surface area contributed by atoms with Gasteiger partial charge in [0, 0.05) is 29.4 Å². The van der Waals surface area contributed by atoms with Crippen LogP contribution in [0.1, 0.15) is 29.5 Å². The van der Waals surface area contributed by atoms with Gasteiger partial charge in [0.05, 0.1) is 13.0 Å². The van der Waals surface area contributed by atoms with E-state index >= 15 is 0 Å². The quantitative estimate of drug-likeness (QED) is 0.456. The number of Topliss-reactive ketones (excluding diaryl/α,β-unsaturated/α-hetero) is 2. The Balaban J connectivity index is 1.62. The van der Waals surface area contributed by atoms with Gasteiger partial charge in [-0.05, 0) is 41.5 Å². The van der Waals surface area contributed by atoms with Gasteiger partial charge in [0.25, 0.3) is 0 Å². The average Bonchev–Trinajstić information content (AvgIpc) is 3.31. The highest BCUT2D eigenvalue weighted by Gasteiger charge is 2.44. The lowest BCUT2D eigenvalue weighted by Crippen LogP contribution is -2.15. The molecule has 0 N–H and O–H groups in total. The molecule has 2 heterocycles. The number of carbonyl (C=O) groups excluding carboxylic acids is 2. The van der Waals surface area contributed by atoms with Crippen LogP contribution < -0.4 is 4.74 Å². The zero-order valence-corrected chi connectivity index (χ0v) is 16.6. The lowest BCUT2D eigenvalue weighted by Gasteiger charge is -2.14. The van der Waals surface area contributed by atoms with Crippen molar-refractivity contribution in [3.63, 3.8) is 0 Å². The molecule has 0 spiro atoms. The molecule has 0 amide bonds. The summed E-state index contributed by atoms with van der Waals surface area (Å²) in [6.45, 7) is 0. The minimum Gasteiger partial charge on any atom is -0.497 e. The van der Waals surface area contributed by atoms with Crippen LogP contribution in [0.2, 0.25) is 0 Å². The summed E-state index contributed by atoms with van der Waals surface area (Å²) in [4.78, 5) is 26.5. The Morgan fingerprint density at radius 2 is 1.63 bits per heavy atom. The summed E-state index contributed by atoms with van der Waals surface area (Å²) in [5, 5.41) is 0. The fourth-order valence-electron chi connectivity index (χ4n) is 4.51. The molecule has 2 atom stereocenters. The Morgan fingerprint density at radius 1 is 0.900 bits per heavy atom. The minimum atomic E-state index is -0.723. The molecule has 1 aliphatic rings. The van der Waals surface area contributed by atoms with Crippen LogP contribution in [0.4, 0.5) is 0 Å². The number of hydrogen-bond acceptors (Lipinski definition) is 3. The lowest BCUT2D eigenvalue weighted by molar-refractivity contribution is -0.124. The summed E-state index contributed by atoms with van der Waals surface area (Å²) < 4.78 is 7.26. The van der Waals surface area contributed by atoms with Crippen molar-refractivity contribution in [1.82, 2.24) is 4.40 Å². The number of hydrogen-bond donors (Lipinski definition) is 0. The number of pyridine rings is 1. The molecule has 30 heavy (non-hydrogen) atoms. The summed E-state index contributed by atoms with van der Waals surface area (Å²) >= 11 is 0. The smallest absolute Gasteiger partial charge is 0.157 e. The zero-order valence-electron chi connectivity index (χ0n) is 16.6. The topological polar surface area (TPSA) is 47.8 Å². The summed E-state index contributed by atoms with van der Waals surface area (Å²) in [5.74, 6) is -0.549. The van der Waals surface area contributed by atoms with Gasteiger partial charge in [-0.3, -0.25) is 9.59 Å². The molecule has 0 radical (unpaired) electrons. The second kappa shape index (κ2) is 7.30. The summed E-state index contributed by atoms with van der Waals surface area (Å²) in [6.07, 6.45) is 2.19. The number of aromatic nitrogens is 1. The highest BCUT2D eigenvalue weighted by atomic mass is 16.5. The Morgan fingerprint density at radius 3 is 2.37 bits per heavy atom. The third-order valence-corrected chi connectivity index (χ3v) is 5.94. The predicted molar refractivity (Wildman–Crippen MR) is 116 cm³/mol. The van der Waals surface area contributed by atoms with Crippen LogP contribution in [0.15, 0.2) is 85.1 Å². The van der Waals surface area contributed by atoms with Crippen molar-refractivity contribution < 1.29 is 14.3 Å². The molecule has 0 aliphatic heterocycles. The van der Waals surface area contributed by atoms with Gasteiger partial charge in [0.15, 0.2) is 5.78 Å². The van der Waals surface area contributed by atoms with Crippen molar-refractivity contribution in [3.05, 3.63) is 96.3 Å². The fourth-order valence-corrected chi connectivity index (χ4v) is 4.51. The third-order valence-electron chi connectivity index (χ3n) is 5.94. The van der Waals surface area contributed by atoms with E-state index < -0.39 is 11.8 Å². The number of nitrogens with zero attached hydrogens (tertiary/aromatic N) is 1. The molecular formula is C26H21NO3. The standard InChI is InChI=1S/C26H21NO3/c1-30-20-12-10-18(11-13-20)24-23(28)16-22(26(24)29)25-21(17-7-3-2-4-8-17)15-19-9-5-6-14-27(19)25/h2-15,22,24H,16H2,1H3. The maximum atomic E-state index is 13.5. The van der Waals surface area contributed by atoms with Crippen LogP contribution in [-0.4, -0.2) is 23.1 Å². The first kappa shape index (κ1) is 18.4. The summed E-state index contributed by atoms with van der Waals surface area (Å²) in [6, 6.07) is 25.3. The molecule has 1 fully saturated rings. The Hall–Kier alpha value is -3.66. The van der Waals surface area contributed by atoms with E-state index in [2.05, 4.69) is 10.5 Å². The van der Waals surface area contributed by atoms with E-state index in [0.29, 0.717) is 5.75 Å². The number of rotatable bonds is 4. The largest absolute Gasteiger partial charge is 0.497 e. The van der Waals surface area contributed by atoms with Crippen LogP contribution in [0.3, 0.4) is 0 Å². The summed E-state index contributed by atoms with van der Waals surface area (Å²) in [5.41, 5.74) is 4.69. The highest BCUT2D eigenvalue weighted by molar-refractivity contribution is 6.17. The van der Waals surface area contributed by atoms with Crippen LogP contribution in [-0.2, 0) is 9.59 Å². The normalized spacial score (nSPS) is 18.8. The van der Waals surface area contributed by atoms with Gasteiger partial charge in [-0.1, -0.05) is 48.5 Å². The van der Waals surface area contributed by atoms with Gasteiger partial charge >= 0.3 is 0 Å². The molecule has 1 saturated carbocycles. The number of ether oxygens (including phenoxy) is 1. The van der Waals surface area contributed by atoms with Gasteiger partial charge < -0.3 is 9.14 Å². The molecule has 2 unspecified atom stereocenters.